The van der Waals surface area contributed by atoms with Crippen molar-refractivity contribution in [1.29, 1.82) is 0 Å². The minimum absolute atomic E-state index is 0.263. The van der Waals surface area contributed by atoms with Crippen molar-refractivity contribution >= 4 is 11.7 Å². The van der Waals surface area contributed by atoms with Gasteiger partial charge in [0.1, 0.15) is 0 Å². The minimum atomic E-state index is -0.911. The number of pyridine rings is 1. The molecule has 20 heavy (non-hydrogen) atoms. The van der Waals surface area contributed by atoms with Crippen LogP contribution < -0.4 is 5.32 Å². The predicted molar refractivity (Wildman–Crippen MR) is 75.7 cm³/mol. The third-order valence-electron chi connectivity index (χ3n) is 5.55. The highest BCUT2D eigenvalue weighted by atomic mass is 16.4. The molecule has 0 aliphatic heterocycles. The first-order valence-electron chi connectivity index (χ1n) is 7.64. The molecule has 0 amide bonds. The van der Waals surface area contributed by atoms with E-state index in [2.05, 4.69) is 10.3 Å². The van der Waals surface area contributed by atoms with Gasteiger partial charge in [-0.25, -0.2) is 4.79 Å². The van der Waals surface area contributed by atoms with Crippen molar-refractivity contribution in [3.8, 4) is 0 Å². The topological polar surface area (TPSA) is 62.2 Å². The molecule has 0 atom stereocenters. The molecule has 0 unspecified atom stereocenters. The summed E-state index contributed by atoms with van der Waals surface area (Å²) >= 11 is 0. The van der Waals surface area contributed by atoms with Crippen molar-refractivity contribution in [3.05, 3.63) is 24.0 Å². The van der Waals surface area contributed by atoms with Gasteiger partial charge in [0.15, 0.2) is 0 Å². The molecule has 0 radical (unpaired) electrons. The zero-order chi connectivity index (χ0) is 13.7. The maximum atomic E-state index is 11.0. The summed E-state index contributed by atoms with van der Waals surface area (Å²) in [5.41, 5.74) is 1.13. The quantitative estimate of drug-likeness (QED) is 0.888. The van der Waals surface area contributed by atoms with Crippen LogP contribution in [0.3, 0.4) is 0 Å². The van der Waals surface area contributed by atoms with E-state index in [0.717, 1.165) is 29.4 Å². The van der Waals surface area contributed by atoms with Gasteiger partial charge in [0, 0.05) is 18.4 Å². The molecule has 2 N–H and O–H groups in total. The number of nitrogens with zero attached hydrogens (tertiary/aromatic N) is 1. The summed E-state index contributed by atoms with van der Waals surface area (Å²) in [6.45, 7) is 0. The molecule has 4 bridgehead atoms. The summed E-state index contributed by atoms with van der Waals surface area (Å²) in [7, 11) is 0. The lowest BCUT2D eigenvalue weighted by Crippen LogP contribution is -2.51. The van der Waals surface area contributed by atoms with Crippen LogP contribution in [0.1, 0.15) is 42.5 Å². The highest BCUT2D eigenvalue weighted by Gasteiger charge is 2.48. The van der Waals surface area contributed by atoms with E-state index in [4.69, 9.17) is 5.11 Å². The molecule has 0 spiro atoms. The van der Waals surface area contributed by atoms with Crippen molar-refractivity contribution in [1.82, 2.24) is 4.98 Å². The second kappa shape index (κ2) is 4.47. The summed E-state index contributed by atoms with van der Waals surface area (Å²) in [6.07, 6.45) is 10.0. The van der Waals surface area contributed by atoms with Crippen LogP contribution in [0.5, 0.6) is 0 Å². The highest BCUT2D eigenvalue weighted by molar-refractivity contribution is 5.88. The van der Waals surface area contributed by atoms with E-state index >= 15 is 0 Å². The largest absolute Gasteiger partial charge is 0.478 e. The third kappa shape index (κ3) is 1.98. The molecule has 4 nitrogen and oxygen atoms in total. The summed E-state index contributed by atoms with van der Waals surface area (Å²) < 4.78 is 0. The smallest absolute Gasteiger partial charge is 0.337 e. The number of carboxylic acid groups (broad SMARTS) is 1. The molecule has 4 fully saturated rings. The van der Waals surface area contributed by atoms with Gasteiger partial charge < -0.3 is 10.4 Å². The zero-order valence-electron chi connectivity index (χ0n) is 11.5. The average molecular weight is 272 g/mol. The van der Waals surface area contributed by atoms with Gasteiger partial charge in [-0.1, -0.05) is 0 Å². The monoisotopic (exact) mass is 272 g/mol. The van der Waals surface area contributed by atoms with E-state index in [1.165, 1.54) is 38.3 Å². The van der Waals surface area contributed by atoms with E-state index in [1.54, 1.807) is 12.3 Å². The molecule has 4 aliphatic rings. The summed E-state index contributed by atoms with van der Waals surface area (Å²) in [6, 6.07) is 2.23. The Morgan fingerprint density at radius 3 is 2.35 bits per heavy atom. The standard InChI is InChI=1S/C16H20N2O2/c19-16(20)13-6-14(8-17-7-13)18-15-11-2-9-1-10(4-11)5-12(15)3-9/h6-12,15,18H,1-5H2,(H,19,20). The Balaban J connectivity index is 1.54. The number of carbonyl (C=O) groups is 1. The fraction of sp³-hybridized carbons (Fsp3) is 0.625. The van der Waals surface area contributed by atoms with E-state index < -0.39 is 5.97 Å². The molecule has 5 rings (SSSR count). The molecule has 1 aromatic heterocycles. The molecule has 0 aromatic carbocycles. The van der Waals surface area contributed by atoms with Crippen LogP contribution in [0.4, 0.5) is 5.69 Å². The maximum absolute atomic E-state index is 11.0. The molecule has 4 heteroatoms. The van der Waals surface area contributed by atoms with Gasteiger partial charge in [-0.05, 0) is 61.8 Å². The summed E-state index contributed by atoms with van der Waals surface area (Å²) in [4.78, 5) is 15.1. The number of aromatic nitrogens is 1. The van der Waals surface area contributed by atoms with E-state index in [1.807, 2.05) is 0 Å². The van der Waals surface area contributed by atoms with Crippen LogP contribution >= 0.6 is 0 Å². The number of anilines is 1. The number of nitrogens with one attached hydrogen (secondary N) is 1. The van der Waals surface area contributed by atoms with Crippen LogP contribution in [-0.2, 0) is 0 Å². The van der Waals surface area contributed by atoms with Gasteiger partial charge in [-0.2, -0.15) is 0 Å². The van der Waals surface area contributed by atoms with Crippen LogP contribution in [0.25, 0.3) is 0 Å². The SMILES string of the molecule is O=C(O)c1cncc(NC2C3CC4CC(C3)CC2C4)c1. The van der Waals surface area contributed by atoms with Gasteiger partial charge in [0.25, 0.3) is 0 Å². The number of carboxylic acids is 1. The van der Waals surface area contributed by atoms with Crippen molar-refractivity contribution in [2.45, 2.75) is 38.1 Å². The molecule has 1 aromatic rings. The van der Waals surface area contributed by atoms with Crippen molar-refractivity contribution in [3.63, 3.8) is 0 Å². The van der Waals surface area contributed by atoms with Crippen LogP contribution in [0, 0.1) is 23.7 Å². The third-order valence-corrected chi connectivity index (χ3v) is 5.55. The first kappa shape index (κ1) is 12.2. The fourth-order valence-electron chi connectivity index (χ4n) is 4.99. The number of aromatic carboxylic acids is 1. The Bertz CT molecular complexity index is 515. The Labute approximate surface area is 118 Å². The van der Waals surface area contributed by atoms with Gasteiger partial charge in [0.2, 0.25) is 0 Å². The van der Waals surface area contributed by atoms with E-state index in [9.17, 15) is 4.79 Å². The number of hydrogen-bond acceptors (Lipinski definition) is 3. The van der Waals surface area contributed by atoms with Crippen LogP contribution in [-0.4, -0.2) is 22.1 Å². The average Bonchev–Trinajstić information content (AvgIpc) is 2.42. The van der Waals surface area contributed by atoms with Gasteiger partial charge in [-0.3, -0.25) is 4.98 Å². The van der Waals surface area contributed by atoms with Crippen LogP contribution in [0.15, 0.2) is 18.5 Å². The maximum Gasteiger partial charge on any atom is 0.337 e. The molecular formula is C16H20N2O2. The molecule has 4 aliphatic carbocycles. The van der Waals surface area contributed by atoms with Gasteiger partial charge in [-0.15, -0.1) is 0 Å². The van der Waals surface area contributed by atoms with Crippen molar-refractivity contribution < 1.29 is 9.90 Å². The van der Waals surface area contributed by atoms with E-state index in [-0.39, 0.29) is 5.56 Å². The minimum Gasteiger partial charge on any atom is -0.478 e. The fourth-order valence-corrected chi connectivity index (χ4v) is 4.99. The lowest BCUT2D eigenvalue weighted by molar-refractivity contribution is 0.00753. The highest BCUT2D eigenvalue weighted by Crippen LogP contribution is 2.54. The number of rotatable bonds is 3. The molecule has 4 saturated carbocycles. The normalized spacial score (nSPS) is 37.9. The summed E-state index contributed by atoms with van der Waals surface area (Å²) in [5, 5.41) is 12.6. The second-order valence-corrected chi connectivity index (χ2v) is 6.87. The molecule has 106 valence electrons. The summed E-state index contributed by atoms with van der Waals surface area (Å²) in [5.74, 6) is 2.56. The predicted octanol–water partition coefficient (Wildman–Crippen LogP) is 3.02. The Hall–Kier alpha value is -1.58. The van der Waals surface area contributed by atoms with Crippen LogP contribution in [0.2, 0.25) is 0 Å². The van der Waals surface area contributed by atoms with Gasteiger partial charge >= 0.3 is 5.97 Å². The Morgan fingerprint density at radius 1 is 1.10 bits per heavy atom. The zero-order valence-corrected chi connectivity index (χ0v) is 11.5. The number of hydrogen-bond donors (Lipinski definition) is 2. The molecule has 1 heterocycles. The Morgan fingerprint density at radius 2 is 1.75 bits per heavy atom. The molecule has 0 saturated heterocycles. The van der Waals surface area contributed by atoms with E-state index in [0.29, 0.717) is 6.04 Å². The van der Waals surface area contributed by atoms with Crippen molar-refractivity contribution in [2.24, 2.45) is 23.7 Å². The van der Waals surface area contributed by atoms with Crippen molar-refractivity contribution in [2.75, 3.05) is 5.32 Å². The molecular weight excluding hydrogens is 252 g/mol. The van der Waals surface area contributed by atoms with Gasteiger partial charge in [0.05, 0.1) is 11.3 Å². The lowest BCUT2D eigenvalue weighted by Gasteiger charge is -2.54. The Kier molecular flexibility index (Phi) is 2.72. The first-order chi connectivity index (χ1) is 9.69. The second-order valence-electron chi connectivity index (χ2n) is 6.87. The lowest BCUT2D eigenvalue weighted by atomic mass is 9.54. The first-order valence-corrected chi connectivity index (χ1v) is 7.64.